The highest BCUT2D eigenvalue weighted by atomic mass is 16.5. The number of carbonyl (C=O) groups excluding carboxylic acids is 2. The van der Waals surface area contributed by atoms with Gasteiger partial charge in [0.15, 0.2) is 0 Å². The molecule has 0 aromatic heterocycles. The number of piperidine rings is 1. The molecule has 6 nitrogen and oxygen atoms in total. The van der Waals surface area contributed by atoms with Gasteiger partial charge in [-0.25, -0.2) is 10.3 Å². The largest absolute Gasteiger partial charge is 0.341 e. The summed E-state index contributed by atoms with van der Waals surface area (Å²) in [5.41, 5.74) is 2.20. The lowest BCUT2D eigenvalue weighted by Crippen LogP contribution is -2.47. The molecule has 6 heteroatoms. The third-order valence-electron chi connectivity index (χ3n) is 3.42. The Balaban J connectivity index is 2.17. The summed E-state index contributed by atoms with van der Waals surface area (Å²) in [5.74, 6) is -0.139. The summed E-state index contributed by atoms with van der Waals surface area (Å²) in [5, 5.41) is 11.1. The Morgan fingerprint density at radius 1 is 1.10 bits per heavy atom. The van der Waals surface area contributed by atoms with Crippen molar-refractivity contribution in [1.82, 2.24) is 15.7 Å². The molecule has 1 atom stereocenters. The molecule has 1 aliphatic heterocycles. The predicted molar refractivity (Wildman–Crippen MR) is 73.1 cm³/mol. The predicted octanol–water partition coefficient (Wildman–Crippen LogP) is 1.43. The van der Waals surface area contributed by atoms with Crippen molar-refractivity contribution in [1.29, 1.82) is 0 Å². The maximum absolute atomic E-state index is 12.6. The summed E-state index contributed by atoms with van der Waals surface area (Å²) in [6.45, 7) is 1.43. The molecule has 1 unspecified atom stereocenters. The van der Waals surface area contributed by atoms with Crippen LogP contribution in [0.1, 0.15) is 30.9 Å². The number of likely N-dealkylation sites (tertiary alicyclic amines) is 1. The van der Waals surface area contributed by atoms with E-state index in [9.17, 15) is 9.59 Å². The maximum atomic E-state index is 12.6. The van der Waals surface area contributed by atoms with Crippen molar-refractivity contribution in [2.24, 2.45) is 0 Å². The second-order valence-corrected chi connectivity index (χ2v) is 4.81. The zero-order valence-corrected chi connectivity index (χ0v) is 11.2. The van der Waals surface area contributed by atoms with Crippen LogP contribution in [0.5, 0.6) is 0 Å². The molecule has 3 amide bonds. The van der Waals surface area contributed by atoms with E-state index in [0.717, 1.165) is 19.3 Å². The Bertz CT molecular complexity index is 458. The Labute approximate surface area is 117 Å². The third-order valence-corrected chi connectivity index (χ3v) is 3.42. The zero-order chi connectivity index (χ0) is 14.4. The molecule has 1 aromatic rings. The minimum absolute atomic E-state index is 0.139. The van der Waals surface area contributed by atoms with Crippen LogP contribution in [-0.2, 0) is 4.79 Å². The first-order chi connectivity index (χ1) is 9.72. The van der Waals surface area contributed by atoms with Crippen LogP contribution >= 0.6 is 0 Å². The molecule has 0 aliphatic carbocycles. The lowest BCUT2D eigenvalue weighted by atomic mass is 10.0. The molecule has 108 valence electrons. The number of urea groups is 1. The quantitative estimate of drug-likeness (QED) is 0.577. The van der Waals surface area contributed by atoms with Gasteiger partial charge in [-0.3, -0.25) is 10.0 Å². The number of hydrogen-bond donors (Lipinski definition) is 3. The SMILES string of the molecule is O=C(NO)NC(C(=O)N1CCCCC1)c1ccccc1. The number of nitrogens with one attached hydrogen (secondary N) is 2. The summed E-state index contributed by atoms with van der Waals surface area (Å²) in [4.78, 5) is 25.7. The molecule has 0 saturated carbocycles. The number of rotatable bonds is 3. The first-order valence-corrected chi connectivity index (χ1v) is 6.76. The highest BCUT2D eigenvalue weighted by Crippen LogP contribution is 2.19. The fraction of sp³-hybridized carbons (Fsp3) is 0.429. The standard InChI is InChI=1S/C14H19N3O3/c18-13(17-9-5-2-6-10-17)12(15-14(19)16-20)11-7-3-1-4-8-11/h1,3-4,7-8,12,20H,2,5-6,9-10H2,(H2,15,16,19). The van der Waals surface area contributed by atoms with E-state index < -0.39 is 12.1 Å². The first-order valence-electron chi connectivity index (χ1n) is 6.76. The van der Waals surface area contributed by atoms with Crippen molar-refractivity contribution in [3.05, 3.63) is 35.9 Å². The highest BCUT2D eigenvalue weighted by molar-refractivity contribution is 5.88. The number of amides is 3. The van der Waals surface area contributed by atoms with Crippen LogP contribution < -0.4 is 10.8 Å². The van der Waals surface area contributed by atoms with Gasteiger partial charge in [0.25, 0.3) is 0 Å². The minimum Gasteiger partial charge on any atom is -0.341 e. The summed E-state index contributed by atoms with van der Waals surface area (Å²) in [6, 6.07) is 7.46. The van der Waals surface area contributed by atoms with E-state index in [2.05, 4.69) is 5.32 Å². The van der Waals surface area contributed by atoms with Gasteiger partial charge >= 0.3 is 6.03 Å². The summed E-state index contributed by atoms with van der Waals surface area (Å²) < 4.78 is 0. The van der Waals surface area contributed by atoms with Gasteiger partial charge in [-0.05, 0) is 24.8 Å². The van der Waals surface area contributed by atoms with Gasteiger partial charge in [-0.2, -0.15) is 0 Å². The van der Waals surface area contributed by atoms with Gasteiger partial charge < -0.3 is 10.2 Å². The average Bonchev–Trinajstić information content (AvgIpc) is 2.53. The van der Waals surface area contributed by atoms with Gasteiger partial charge in [-0.15, -0.1) is 0 Å². The molecule has 1 aromatic carbocycles. The average molecular weight is 277 g/mol. The van der Waals surface area contributed by atoms with Gasteiger partial charge in [0.05, 0.1) is 0 Å². The number of benzene rings is 1. The second kappa shape index (κ2) is 6.91. The number of carbonyl (C=O) groups is 2. The van der Waals surface area contributed by atoms with Crippen molar-refractivity contribution in [2.45, 2.75) is 25.3 Å². The smallest absolute Gasteiger partial charge is 0.339 e. The number of hydroxylamine groups is 1. The Morgan fingerprint density at radius 3 is 2.35 bits per heavy atom. The lowest BCUT2D eigenvalue weighted by Gasteiger charge is -2.30. The van der Waals surface area contributed by atoms with Crippen LogP contribution in [0.3, 0.4) is 0 Å². The second-order valence-electron chi connectivity index (χ2n) is 4.81. The van der Waals surface area contributed by atoms with E-state index in [4.69, 9.17) is 5.21 Å². The molecular weight excluding hydrogens is 258 g/mol. The molecule has 1 aliphatic rings. The van der Waals surface area contributed by atoms with Gasteiger partial charge in [0.2, 0.25) is 5.91 Å². The van der Waals surface area contributed by atoms with E-state index in [1.165, 1.54) is 5.48 Å². The molecule has 0 bridgehead atoms. The van der Waals surface area contributed by atoms with E-state index in [1.807, 2.05) is 18.2 Å². The fourth-order valence-corrected chi connectivity index (χ4v) is 2.39. The molecule has 1 fully saturated rings. The molecule has 0 radical (unpaired) electrons. The highest BCUT2D eigenvalue weighted by Gasteiger charge is 2.28. The third kappa shape index (κ3) is 3.48. The summed E-state index contributed by atoms with van der Waals surface area (Å²) in [7, 11) is 0. The minimum atomic E-state index is -0.788. The van der Waals surface area contributed by atoms with Crippen LogP contribution in [0, 0.1) is 0 Å². The molecule has 1 saturated heterocycles. The van der Waals surface area contributed by atoms with Crippen molar-refractivity contribution in [2.75, 3.05) is 13.1 Å². The zero-order valence-electron chi connectivity index (χ0n) is 11.2. The normalized spacial score (nSPS) is 16.4. The maximum Gasteiger partial charge on any atom is 0.339 e. The van der Waals surface area contributed by atoms with Crippen molar-refractivity contribution < 1.29 is 14.8 Å². The summed E-state index contributed by atoms with van der Waals surface area (Å²) >= 11 is 0. The fourth-order valence-electron chi connectivity index (χ4n) is 2.39. The van der Waals surface area contributed by atoms with Crippen molar-refractivity contribution >= 4 is 11.9 Å². The molecule has 0 spiro atoms. The number of nitrogens with zero attached hydrogens (tertiary/aromatic N) is 1. The molecule has 20 heavy (non-hydrogen) atoms. The van der Waals surface area contributed by atoms with E-state index in [0.29, 0.717) is 18.7 Å². The molecule has 2 rings (SSSR count). The van der Waals surface area contributed by atoms with Crippen LogP contribution in [0.2, 0.25) is 0 Å². The van der Waals surface area contributed by atoms with Gasteiger partial charge in [-0.1, -0.05) is 30.3 Å². The first kappa shape index (κ1) is 14.3. The van der Waals surface area contributed by atoms with Crippen molar-refractivity contribution in [3.63, 3.8) is 0 Å². The van der Waals surface area contributed by atoms with Gasteiger partial charge in [0, 0.05) is 13.1 Å². The van der Waals surface area contributed by atoms with Crippen molar-refractivity contribution in [3.8, 4) is 0 Å². The Morgan fingerprint density at radius 2 is 1.75 bits per heavy atom. The molecular formula is C14H19N3O3. The van der Waals surface area contributed by atoms with Gasteiger partial charge in [0.1, 0.15) is 6.04 Å². The molecule has 3 N–H and O–H groups in total. The summed E-state index contributed by atoms with van der Waals surface area (Å²) in [6.07, 6.45) is 3.10. The Kier molecular flexibility index (Phi) is 4.95. The van der Waals surface area contributed by atoms with E-state index in [1.54, 1.807) is 17.0 Å². The molecule has 1 heterocycles. The lowest BCUT2D eigenvalue weighted by molar-refractivity contribution is -0.134. The Hall–Kier alpha value is -2.08. The monoisotopic (exact) mass is 277 g/mol. The van der Waals surface area contributed by atoms with Crippen LogP contribution in [0.4, 0.5) is 4.79 Å². The number of hydrogen-bond acceptors (Lipinski definition) is 3. The topological polar surface area (TPSA) is 81.7 Å². The van der Waals surface area contributed by atoms with Crippen LogP contribution in [-0.4, -0.2) is 35.1 Å². The van der Waals surface area contributed by atoms with Crippen LogP contribution in [0.25, 0.3) is 0 Å². The van der Waals surface area contributed by atoms with E-state index >= 15 is 0 Å². The van der Waals surface area contributed by atoms with Crippen LogP contribution in [0.15, 0.2) is 30.3 Å². The van der Waals surface area contributed by atoms with E-state index in [-0.39, 0.29) is 5.91 Å².